The van der Waals surface area contributed by atoms with Crippen molar-refractivity contribution >= 4 is 43.5 Å². The van der Waals surface area contributed by atoms with Gasteiger partial charge in [0.15, 0.2) is 0 Å². The van der Waals surface area contributed by atoms with Gasteiger partial charge in [-0.1, -0.05) is 59.6 Å². The molecule has 1 atom stereocenters. The van der Waals surface area contributed by atoms with Crippen molar-refractivity contribution < 1.29 is 22.4 Å². The quantitative estimate of drug-likeness (QED) is 0.291. The summed E-state index contributed by atoms with van der Waals surface area (Å²) in [6.45, 7) is 3.53. The summed E-state index contributed by atoms with van der Waals surface area (Å²) < 4.78 is 42.6. The summed E-state index contributed by atoms with van der Waals surface area (Å²) in [5, 5.41) is 2.83. The number of carbonyl (C=O) groups excluding carboxylic acids is 2. The third-order valence-electron chi connectivity index (χ3n) is 5.99. The Morgan fingerprint density at radius 3 is 2.21 bits per heavy atom. The number of nitrogens with one attached hydrogen (secondary N) is 1. The monoisotopic (exact) mass is 603 g/mol. The lowest BCUT2D eigenvalue weighted by atomic mass is 10.1. The van der Waals surface area contributed by atoms with E-state index in [9.17, 15) is 22.4 Å². The van der Waals surface area contributed by atoms with Crippen LogP contribution in [0.3, 0.4) is 0 Å². The van der Waals surface area contributed by atoms with Gasteiger partial charge in [0.05, 0.1) is 10.6 Å². The van der Waals surface area contributed by atoms with Crippen LogP contribution in [-0.4, -0.2) is 44.3 Å². The molecular formula is C28H31BrFN3O4S. The van der Waals surface area contributed by atoms with Gasteiger partial charge in [0.25, 0.3) is 10.0 Å². The van der Waals surface area contributed by atoms with E-state index >= 15 is 0 Å². The van der Waals surface area contributed by atoms with Crippen LogP contribution in [0.2, 0.25) is 0 Å². The Labute approximate surface area is 231 Å². The first-order valence-electron chi connectivity index (χ1n) is 12.3. The average Bonchev–Trinajstić information content (AvgIpc) is 2.92. The molecule has 0 heterocycles. The molecule has 3 aromatic rings. The molecule has 0 bridgehead atoms. The van der Waals surface area contributed by atoms with Crippen LogP contribution in [0.1, 0.15) is 32.3 Å². The van der Waals surface area contributed by atoms with Crippen molar-refractivity contribution in [1.29, 1.82) is 0 Å². The maximum absolute atomic E-state index is 13.8. The molecule has 1 N–H and O–H groups in total. The zero-order valence-corrected chi connectivity index (χ0v) is 23.7. The van der Waals surface area contributed by atoms with E-state index in [1.54, 1.807) is 49.4 Å². The normalized spacial score (nSPS) is 12.0. The lowest BCUT2D eigenvalue weighted by Gasteiger charge is -2.32. The number of benzene rings is 3. The van der Waals surface area contributed by atoms with Crippen LogP contribution in [-0.2, 0) is 26.2 Å². The summed E-state index contributed by atoms with van der Waals surface area (Å²) in [5.41, 5.74) is 0.904. The standard InChI is InChI=1S/C28H31BrFN3O4S/c1-3-4-18-31-28(35)21(2)32(19-22-10-14-24(30)15-11-22)27(34)20-33(25-16-12-23(29)13-17-25)38(36,37)26-8-6-5-7-9-26/h5-17,21H,3-4,18-20H2,1-2H3,(H,31,35). The number of sulfonamides is 1. The maximum Gasteiger partial charge on any atom is 0.264 e. The number of hydrogen-bond donors (Lipinski definition) is 1. The van der Waals surface area contributed by atoms with E-state index in [0.717, 1.165) is 21.6 Å². The van der Waals surface area contributed by atoms with E-state index in [0.29, 0.717) is 17.8 Å². The van der Waals surface area contributed by atoms with Crippen LogP contribution in [0, 0.1) is 5.82 Å². The molecule has 0 aliphatic carbocycles. The van der Waals surface area contributed by atoms with Gasteiger partial charge in [-0.05, 0) is 67.4 Å². The number of nitrogens with zero attached hydrogens (tertiary/aromatic N) is 2. The molecule has 0 saturated carbocycles. The first-order chi connectivity index (χ1) is 18.1. The fourth-order valence-corrected chi connectivity index (χ4v) is 5.46. The van der Waals surface area contributed by atoms with Crippen molar-refractivity contribution in [3.8, 4) is 0 Å². The fraction of sp³-hybridized carbons (Fsp3) is 0.286. The molecule has 0 radical (unpaired) electrons. The summed E-state index contributed by atoms with van der Waals surface area (Å²) in [6.07, 6.45) is 1.68. The van der Waals surface area contributed by atoms with Gasteiger partial charge in [0.1, 0.15) is 18.4 Å². The van der Waals surface area contributed by atoms with Crippen LogP contribution in [0.25, 0.3) is 0 Å². The predicted molar refractivity (Wildman–Crippen MR) is 149 cm³/mol. The molecular weight excluding hydrogens is 573 g/mol. The summed E-state index contributed by atoms with van der Waals surface area (Å²) in [7, 11) is -4.12. The summed E-state index contributed by atoms with van der Waals surface area (Å²) >= 11 is 3.35. The van der Waals surface area contributed by atoms with Gasteiger partial charge in [-0.15, -0.1) is 0 Å². The predicted octanol–water partition coefficient (Wildman–Crippen LogP) is 5.12. The molecule has 2 amide bonds. The van der Waals surface area contributed by atoms with Gasteiger partial charge < -0.3 is 10.2 Å². The topological polar surface area (TPSA) is 86.8 Å². The number of anilines is 1. The van der Waals surface area contributed by atoms with E-state index in [-0.39, 0.29) is 17.3 Å². The minimum atomic E-state index is -4.12. The zero-order valence-electron chi connectivity index (χ0n) is 21.3. The first-order valence-corrected chi connectivity index (χ1v) is 14.5. The fourth-order valence-electron chi connectivity index (χ4n) is 3.76. The molecule has 3 aromatic carbocycles. The van der Waals surface area contributed by atoms with Gasteiger partial charge in [0.2, 0.25) is 11.8 Å². The van der Waals surface area contributed by atoms with Gasteiger partial charge in [0, 0.05) is 17.6 Å². The van der Waals surface area contributed by atoms with Crippen molar-refractivity contribution in [2.75, 3.05) is 17.4 Å². The third-order valence-corrected chi connectivity index (χ3v) is 8.30. The molecule has 10 heteroatoms. The molecule has 0 aliphatic heterocycles. The molecule has 0 fully saturated rings. The Bertz CT molecular complexity index is 1320. The second-order valence-corrected chi connectivity index (χ2v) is 11.5. The van der Waals surface area contributed by atoms with Crippen LogP contribution in [0.15, 0.2) is 88.2 Å². The van der Waals surface area contributed by atoms with Crippen LogP contribution < -0.4 is 9.62 Å². The Morgan fingerprint density at radius 2 is 1.61 bits per heavy atom. The Balaban J connectivity index is 1.97. The van der Waals surface area contributed by atoms with E-state index in [1.807, 2.05) is 6.92 Å². The highest BCUT2D eigenvalue weighted by atomic mass is 79.9. The molecule has 0 spiro atoms. The Morgan fingerprint density at radius 1 is 0.974 bits per heavy atom. The third kappa shape index (κ3) is 7.64. The highest BCUT2D eigenvalue weighted by Crippen LogP contribution is 2.26. The van der Waals surface area contributed by atoms with Crippen molar-refractivity contribution in [1.82, 2.24) is 10.2 Å². The minimum Gasteiger partial charge on any atom is -0.354 e. The number of amides is 2. The van der Waals surface area contributed by atoms with Crippen molar-refractivity contribution in [3.05, 3.63) is 94.7 Å². The Hall–Kier alpha value is -3.24. The average molecular weight is 605 g/mol. The highest BCUT2D eigenvalue weighted by Gasteiger charge is 2.32. The zero-order chi connectivity index (χ0) is 27.7. The molecule has 0 aliphatic rings. The van der Waals surface area contributed by atoms with E-state index in [4.69, 9.17) is 0 Å². The van der Waals surface area contributed by atoms with E-state index in [1.165, 1.54) is 41.3 Å². The van der Waals surface area contributed by atoms with Crippen molar-refractivity contribution in [3.63, 3.8) is 0 Å². The lowest BCUT2D eigenvalue weighted by Crippen LogP contribution is -2.51. The second-order valence-electron chi connectivity index (χ2n) is 8.77. The molecule has 38 heavy (non-hydrogen) atoms. The molecule has 7 nitrogen and oxygen atoms in total. The SMILES string of the molecule is CCCCNC(=O)C(C)N(Cc1ccc(F)cc1)C(=O)CN(c1ccc(Br)cc1)S(=O)(=O)c1ccccc1. The van der Waals surface area contributed by atoms with Crippen molar-refractivity contribution in [2.24, 2.45) is 0 Å². The van der Waals surface area contributed by atoms with Gasteiger partial charge in [-0.3, -0.25) is 13.9 Å². The van der Waals surface area contributed by atoms with Gasteiger partial charge in [-0.25, -0.2) is 12.8 Å². The van der Waals surface area contributed by atoms with Crippen LogP contribution >= 0.6 is 15.9 Å². The van der Waals surface area contributed by atoms with Crippen LogP contribution in [0.5, 0.6) is 0 Å². The largest absolute Gasteiger partial charge is 0.354 e. The number of hydrogen-bond acceptors (Lipinski definition) is 4. The first kappa shape index (κ1) is 29.3. The second kappa shape index (κ2) is 13.5. The number of rotatable bonds is 12. The molecule has 3 rings (SSSR count). The Kier molecular flexibility index (Phi) is 10.4. The van der Waals surface area contributed by atoms with Crippen LogP contribution in [0.4, 0.5) is 10.1 Å². The highest BCUT2D eigenvalue weighted by molar-refractivity contribution is 9.10. The van der Waals surface area contributed by atoms with Gasteiger partial charge in [-0.2, -0.15) is 0 Å². The summed E-state index contributed by atoms with van der Waals surface area (Å²) in [5.74, 6) is -1.35. The molecule has 0 aromatic heterocycles. The molecule has 1 unspecified atom stereocenters. The number of unbranched alkanes of at least 4 members (excludes halogenated alkanes) is 1. The van der Waals surface area contributed by atoms with Gasteiger partial charge >= 0.3 is 0 Å². The lowest BCUT2D eigenvalue weighted by molar-refractivity contribution is -0.139. The smallest absolute Gasteiger partial charge is 0.264 e. The minimum absolute atomic E-state index is 0.00103. The molecule has 202 valence electrons. The van der Waals surface area contributed by atoms with Crippen molar-refractivity contribution in [2.45, 2.75) is 44.2 Å². The number of carbonyl (C=O) groups is 2. The van der Waals surface area contributed by atoms with E-state index < -0.39 is 34.3 Å². The summed E-state index contributed by atoms with van der Waals surface area (Å²) in [6, 6.07) is 19.2. The number of halogens is 2. The maximum atomic E-state index is 13.8. The van der Waals surface area contributed by atoms with E-state index in [2.05, 4.69) is 21.2 Å². The molecule has 0 saturated heterocycles. The summed E-state index contributed by atoms with van der Waals surface area (Å²) in [4.78, 5) is 28.0.